The first-order valence-corrected chi connectivity index (χ1v) is 8.36. The molecule has 7 nitrogen and oxygen atoms in total. The molecule has 0 saturated carbocycles. The first-order valence-electron chi connectivity index (χ1n) is 8.36. The molecule has 2 aromatic rings. The zero-order valence-electron chi connectivity index (χ0n) is 15.2. The van der Waals surface area contributed by atoms with Crippen molar-refractivity contribution in [3.63, 3.8) is 0 Å². The summed E-state index contributed by atoms with van der Waals surface area (Å²) in [4.78, 5) is 22.9. The van der Waals surface area contributed by atoms with Crippen molar-refractivity contribution >= 4 is 11.9 Å². The highest BCUT2D eigenvalue weighted by Gasteiger charge is 2.47. The molecule has 27 heavy (non-hydrogen) atoms. The summed E-state index contributed by atoms with van der Waals surface area (Å²) >= 11 is 0. The molecule has 0 amide bonds. The lowest BCUT2D eigenvalue weighted by atomic mass is 9.84. The summed E-state index contributed by atoms with van der Waals surface area (Å²) in [5.41, 5.74) is 1.10. The van der Waals surface area contributed by atoms with Crippen LogP contribution in [0.15, 0.2) is 42.5 Å². The second-order valence-electron chi connectivity index (χ2n) is 6.13. The standard InChI is InChI=1S/C20H20O7/c1-12(21)26-17-10-9-15-18(19(17)27-13(2)22)25-11-16(20(15,23)24-3)14-7-5-4-6-8-14/h4-10,16,23H,11H2,1-3H3/t16-,20+/m0/s1. The molecule has 1 N–H and O–H groups in total. The van der Waals surface area contributed by atoms with E-state index in [9.17, 15) is 14.7 Å². The number of carbonyl (C=O) groups excluding carboxylic acids is 2. The van der Waals surface area contributed by atoms with Crippen molar-refractivity contribution in [3.8, 4) is 17.2 Å². The molecule has 0 aromatic heterocycles. The van der Waals surface area contributed by atoms with Gasteiger partial charge < -0.3 is 24.1 Å². The Morgan fingerprint density at radius 1 is 1.07 bits per heavy atom. The van der Waals surface area contributed by atoms with Crippen LogP contribution >= 0.6 is 0 Å². The van der Waals surface area contributed by atoms with E-state index in [0.717, 1.165) is 5.56 Å². The van der Waals surface area contributed by atoms with Gasteiger partial charge in [-0.1, -0.05) is 30.3 Å². The van der Waals surface area contributed by atoms with Gasteiger partial charge in [0.25, 0.3) is 0 Å². The van der Waals surface area contributed by atoms with Crippen LogP contribution in [-0.4, -0.2) is 30.8 Å². The van der Waals surface area contributed by atoms with Gasteiger partial charge in [0.05, 0.1) is 11.5 Å². The largest absolute Gasteiger partial charge is 0.488 e. The summed E-state index contributed by atoms with van der Waals surface area (Å²) in [5.74, 6) is -3.39. The lowest BCUT2D eigenvalue weighted by molar-refractivity contribution is -0.224. The zero-order chi connectivity index (χ0) is 19.6. The highest BCUT2D eigenvalue weighted by Crippen LogP contribution is 2.52. The summed E-state index contributed by atoms with van der Waals surface area (Å²) in [5, 5.41) is 11.3. The molecule has 2 atom stereocenters. The Morgan fingerprint density at radius 3 is 2.33 bits per heavy atom. The van der Waals surface area contributed by atoms with Gasteiger partial charge in [0.1, 0.15) is 6.61 Å². The van der Waals surface area contributed by atoms with E-state index in [-0.39, 0.29) is 29.4 Å². The molecule has 7 heteroatoms. The number of aliphatic hydroxyl groups is 1. The van der Waals surface area contributed by atoms with E-state index in [1.807, 2.05) is 30.3 Å². The molecule has 1 aliphatic rings. The fourth-order valence-electron chi connectivity index (χ4n) is 3.17. The van der Waals surface area contributed by atoms with E-state index in [1.54, 1.807) is 0 Å². The van der Waals surface area contributed by atoms with Crippen molar-refractivity contribution in [1.82, 2.24) is 0 Å². The van der Waals surface area contributed by atoms with Crippen molar-refractivity contribution in [2.45, 2.75) is 25.6 Å². The molecule has 142 valence electrons. The minimum absolute atomic E-state index is 0.0214. The van der Waals surface area contributed by atoms with Gasteiger partial charge in [0.2, 0.25) is 11.5 Å². The number of fused-ring (bicyclic) bond motifs is 1. The van der Waals surface area contributed by atoms with Crippen LogP contribution in [0, 0.1) is 0 Å². The Balaban J connectivity index is 2.14. The van der Waals surface area contributed by atoms with Crippen LogP contribution in [0.3, 0.4) is 0 Å². The van der Waals surface area contributed by atoms with Gasteiger partial charge in [-0.15, -0.1) is 0 Å². The molecular weight excluding hydrogens is 352 g/mol. The van der Waals surface area contributed by atoms with E-state index >= 15 is 0 Å². The third kappa shape index (κ3) is 3.51. The molecule has 0 fully saturated rings. The van der Waals surface area contributed by atoms with Gasteiger partial charge in [0, 0.05) is 21.0 Å². The van der Waals surface area contributed by atoms with Crippen molar-refractivity contribution in [2.75, 3.05) is 13.7 Å². The van der Waals surface area contributed by atoms with Crippen LogP contribution in [0.25, 0.3) is 0 Å². The maximum atomic E-state index is 11.5. The summed E-state index contributed by atoms with van der Waals surface area (Å²) in [7, 11) is 1.39. The van der Waals surface area contributed by atoms with Crippen LogP contribution in [-0.2, 0) is 20.1 Å². The van der Waals surface area contributed by atoms with Crippen molar-refractivity contribution in [2.24, 2.45) is 0 Å². The van der Waals surface area contributed by atoms with E-state index in [1.165, 1.54) is 33.1 Å². The number of benzene rings is 2. The van der Waals surface area contributed by atoms with Gasteiger partial charge in [-0.25, -0.2) is 0 Å². The second kappa shape index (κ2) is 7.38. The highest BCUT2D eigenvalue weighted by molar-refractivity contribution is 5.76. The smallest absolute Gasteiger partial charge is 0.308 e. The van der Waals surface area contributed by atoms with Gasteiger partial charge in [0.15, 0.2) is 11.5 Å². The Kier molecular flexibility index (Phi) is 5.16. The van der Waals surface area contributed by atoms with Gasteiger partial charge in [-0.2, -0.15) is 0 Å². The minimum atomic E-state index is -1.72. The van der Waals surface area contributed by atoms with E-state index in [0.29, 0.717) is 0 Å². The average Bonchev–Trinajstić information content (AvgIpc) is 2.64. The second-order valence-corrected chi connectivity index (χ2v) is 6.13. The normalized spacial score (nSPS) is 21.0. The van der Waals surface area contributed by atoms with Crippen LogP contribution in [0.5, 0.6) is 17.2 Å². The Bertz CT molecular complexity index is 862. The zero-order valence-corrected chi connectivity index (χ0v) is 15.2. The maximum Gasteiger partial charge on any atom is 0.308 e. The maximum absolute atomic E-state index is 11.5. The quantitative estimate of drug-likeness (QED) is 0.501. The predicted molar refractivity (Wildman–Crippen MR) is 94.6 cm³/mol. The number of methoxy groups -OCH3 is 1. The fraction of sp³-hybridized carbons (Fsp3) is 0.300. The number of hydrogen-bond donors (Lipinski definition) is 1. The third-order valence-electron chi connectivity index (χ3n) is 4.34. The summed E-state index contributed by atoms with van der Waals surface area (Å²) in [6.07, 6.45) is 0. The molecule has 1 aliphatic heterocycles. The van der Waals surface area contributed by atoms with E-state index in [2.05, 4.69) is 0 Å². The molecule has 0 spiro atoms. The number of carbonyl (C=O) groups is 2. The molecule has 0 saturated heterocycles. The number of hydrogen-bond acceptors (Lipinski definition) is 7. The van der Waals surface area contributed by atoms with Crippen LogP contribution < -0.4 is 14.2 Å². The van der Waals surface area contributed by atoms with E-state index < -0.39 is 23.6 Å². The first kappa shape index (κ1) is 18.9. The molecule has 2 aromatic carbocycles. The topological polar surface area (TPSA) is 91.3 Å². The summed E-state index contributed by atoms with van der Waals surface area (Å²) < 4.78 is 21.6. The summed E-state index contributed by atoms with van der Waals surface area (Å²) in [6.45, 7) is 2.52. The molecule has 0 aliphatic carbocycles. The molecular formula is C20H20O7. The van der Waals surface area contributed by atoms with Gasteiger partial charge in [-0.05, 0) is 17.7 Å². The lowest BCUT2D eigenvalue weighted by Gasteiger charge is -2.40. The summed E-state index contributed by atoms with van der Waals surface area (Å²) in [6, 6.07) is 12.3. The Hall–Kier alpha value is -2.90. The number of rotatable bonds is 4. The van der Waals surface area contributed by atoms with Crippen LogP contribution in [0.4, 0.5) is 0 Å². The number of esters is 2. The molecule has 0 unspecified atom stereocenters. The van der Waals surface area contributed by atoms with Crippen LogP contribution in [0.1, 0.15) is 30.9 Å². The first-order chi connectivity index (χ1) is 12.9. The van der Waals surface area contributed by atoms with Crippen molar-refractivity contribution in [3.05, 3.63) is 53.6 Å². The lowest BCUT2D eigenvalue weighted by Crippen LogP contribution is -2.42. The fourth-order valence-corrected chi connectivity index (χ4v) is 3.17. The highest BCUT2D eigenvalue weighted by atomic mass is 16.6. The minimum Gasteiger partial charge on any atom is -0.488 e. The third-order valence-corrected chi connectivity index (χ3v) is 4.34. The monoisotopic (exact) mass is 372 g/mol. The average molecular weight is 372 g/mol. The molecule has 0 radical (unpaired) electrons. The Labute approximate surface area is 156 Å². The predicted octanol–water partition coefficient (Wildman–Crippen LogP) is 2.50. The van der Waals surface area contributed by atoms with Gasteiger partial charge in [-0.3, -0.25) is 9.59 Å². The SMILES string of the molecule is CO[C@]1(O)c2ccc(OC(C)=O)c(OC(C)=O)c2OC[C@H]1c1ccccc1. The van der Waals surface area contributed by atoms with Crippen molar-refractivity contribution < 1.29 is 33.6 Å². The molecule has 0 bridgehead atoms. The Morgan fingerprint density at radius 2 is 1.74 bits per heavy atom. The van der Waals surface area contributed by atoms with Crippen LogP contribution in [0.2, 0.25) is 0 Å². The van der Waals surface area contributed by atoms with Gasteiger partial charge >= 0.3 is 11.9 Å². The molecule has 3 rings (SSSR count). The van der Waals surface area contributed by atoms with E-state index in [4.69, 9.17) is 18.9 Å². The van der Waals surface area contributed by atoms with Crippen molar-refractivity contribution in [1.29, 1.82) is 0 Å². The molecule has 1 heterocycles. The number of ether oxygens (including phenoxy) is 4.